The van der Waals surface area contributed by atoms with Gasteiger partial charge in [0.1, 0.15) is 5.82 Å². The summed E-state index contributed by atoms with van der Waals surface area (Å²) in [4.78, 5) is 2.16. The number of rotatable bonds is 5. The lowest BCUT2D eigenvalue weighted by Gasteiger charge is -2.18. The van der Waals surface area contributed by atoms with Crippen molar-refractivity contribution in [2.75, 3.05) is 13.1 Å². The molecule has 4 rings (SSSR count). The van der Waals surface area contributed by atoms with Crippen molar-refractivity contribution < 1.29 is 9.50 Å². The highest BCUT2D eigenvalue weighted by molar-refractivity contribution is 5.40. The number of H-pyrrole nitrogens is 1. The van der Waals surface area contributed by atoms with Crippen LogP contribution in [0.2, 0.25) is 0 Å². The van der Waals surface area contributed by atoms with Crippen molar-refractivity contribution in [2.45, 2.75) is 26.0 Å². The number of hydrogen-bond acceptors (Lipinski definition) is 4. The van der Waals surface area contributed by atoms with E-state index in [1.165, 1.54) is 6.07 Å². The van der Waals surface area contributed by atoms with Crippen molar-refractivity contribution in [1.29, 1.82) is 0 Å². The molecule has 6 nitrogen and oxygen atoms in total. The maximum Gasteiger partial charge on any atom is 0.123 e. The van der Waals surface area contributed by atoms with E-state index in [1.54, 1.807) is 23.0 Å². The predicted octanol–water partition coefficient (Wildman–Crippen LogP) is 2.08. The van der Waals surface area contributed by atoms with Gasteiger partial charge in [0.25, 0.3) is 0 Å². The van der Waals surface area contributed by atoms with Crippen molar-refractivity contribution in [2.24, 2.45) is 5.92 Å². The Bertz CT molecular complexity index is 876. The van der Waals surface area contributed by atoms with E-state index < -0.39 is 6.10 Å². The molecule has 26 heavy (non-hydrogen) atoms. The van der Waals surface area contributed by atoms with Crippen LogP contribution in [-0.4, -0.2) is 49.2 Å². The average Bonchev–Trinajstić information content (AvgIpc) is 3.32. The molecule has 0 unspecified atom stereocenters. The Hall–Kier alpha value is -2.51. The largest absolute Gasteiger partial charge is 0.391 e. The van der Waals surface area contributed by atoms with E-state index in [9.17, 15) is 9.50 Å². The summed E-state index contributed by atoms with van der Waals surface area (Å²) < 4.78 is 15.5. The van der Waals surface area contributed by atoms with E-state index in [-0.39, 0.29) is 11.7 Å². The molecule has 0 bridgehead atoms. The first-order valence-electron chi connectivity index (χ1n) is 8.78. The van der Waals surface area contributed by atoms with Crippen LogP contribution in [-0.2, 0) is 13.0 Å². The number of likely N-dealkylation sites (tertiary alicyclic amines) is 1. The minimum Gasteiger partial charge on any atom is -0.391 e. The molecule has 1 aliphatic rings. The number of aryl methyl sites for hydroxylation is 1. The third-order valence-electron chi connectivity index (χ3n) is 4.90. The van der Waals surface area contributed by atoms with Gasteiger partial charge < -0.3 is 5.11 Å². The number of aromatic amines is 1. The molecule has 136 valence electrons. The second-order valence-electron chi connectivity index (χ2n) is 6.99. The van der Waals surface area contributed by atoms with Crippen LogP contribution in [0.5, 0.6) is 0 Å². The van der Waals surface area contributed by atoms with Gasteiger partial charge in [-0.05, 0) is 49.2 Å². The molecule has 2 aromatic heterocycles. The third kappa shape index (κ3) is 3.54. The molecule has 0 radical (unpaired) electrons. The van der Waals surface area contributed by atoms with Crippen molar-refractivity contribution in [1.82, 2.24) is 24.9 Å². The third-order valence-corrected chi connectivity index (χ3v) is 4.90. The average molecular weight is 355 g/mol. The van der Waals surface area contributed by atoms with Gasteiger partial charge in [0.15, 0.2) is 0 Å². The number of halogens is 1. The fraction of sp³-hybridized carbons (Fsp3) is 0.368. The van der Waals surface area contributed by atoms with Crippen LogP contribution in [0.25, 0.3) is 5.69 Å². The summed E-state index contributed by atoms with van der Waals surface area (Å²) in [5.41, 5.74) is 3.71. The standard InChI is InChI=1S/C19H22FN5O/c1-13-7-17(23-22-13)9-15-11-24(12-19(15)26)10-14-8-16(20)3-4-18(14)25-6-2-5-21-25/h2-8,15,19,26H,9-12H2,1H3,(H,22,23)/t15-,19+/m1/s1. The van der Waals surface area contributed by atoms with E-state index in [0.717, 1.165) is 35.6 Å². The van der Waals surface area contributed by atoms with Crippen LogP contribution < -0.4 is 0 Å². The lowest BCUT2D eigenvalue weighted by molar-refractivity contribution is 0.140. The Morgan fingerprint density at radius 1 is 1.31 bits per heavy atom. The zero-order valence-corrected chi connectivity index (χ0v) is 14.6. The molecule has 3 heterocycles. The molecule has 1 saturated heterocycles. The highest BCUT2D eigenvalue weighted by Crippen LogP contribution is 2.25. The molecule has 2 N–H and O–H groups in total. The van der Waals surface area contributed by atoms with Crippen molar-refractivity contribution in [3.63, 3.8) is 0 Å². The van der Waals surface area contributed by atoms with Gasteiger partial charge in [-0.3, -0.25) is 10.00 Å². The molecule has 0 aliphatic carbocycles. The van der Waals surface area contributed by atoms with E-state index in [1.807, 2.05) is 25.3 Å². The molecule has 1 aliphatic heterocycles. The fourth-order valence-electron chi connectivity index (χ4n) is 3.68. The topological polar surface area (TPSA) is 70.0 Å². The highest BCUT2D eigenvalue weighted by atomic mass is 19.1. The minimum absolute atomic E-state index is 0.124. The van der Waals surface area contributed by atoms with Gasteiger partial charge in [0.2, 0.25) is 0 Å². The van der Waals surface area contributed by atoms with Crippen molar-refractivity contribution in [3.05, 3.63) is 65.5 Å². The summed E-state index contributed by atoms with van der Waals surface area (Å²) in [5, 5.41) is 21.9. The Balaban J connectivity index is 1.49. The second kappa shape index (κ2) is 7.01. The number of nitrogens with one attached hydrogen (secondary N) is 1. The SMILES string of the molecule is Cc1cc(C[C@@H]2CN(Cc3cc(F)ccc3-n3cccn3)C[C@@H]2O)n[nH]1. The highest BCUT2D eigenvalue weighted by Gasteiger charge is 2.32. The van der Waals surface area contributed by atoms with Gasteiger partial charge in [-0.25, -0.2) is 9.07 Å². The Morgan fingerprint density at radius 3 is 2.92 bits per heavy atom. The first kappa shape index (κ1) is 16.9. The Kier molecular flexibility index (Phi) is 4.57. The summed E-state index contributed by atoms with van der Waals surface area (Å²) >= 11 is 0. The molecule has 0 amide bonds. The lowest BCUT2D eigenvalue weighted by Crippen LogP contribution is -2.22. The molecule has 3 aromatic rings. The minimum atomic E-state index is -0.409. The molecule has 7 heteroatoms. The maximum absolute atomic E-state index is 13.8. The van der Waals surface area contributed by atoms with Crippen LogP contribution in [0.3, 0.4) is 0 Å². The summed E-state index contributed by atoms with van der Waals surface area (Å²) in [6.45, 7) is 3.86. The van der Waals surface area contributed by atoms with Crippen LogP contribution >= 0.6 is 0 Å². The summed E-state index contributed by atoms with van der Waals surface area (Å²) in [6.07, 6.45) is 3.87. The zero-order valence-electron chi connectivity index (χ0n) is 14.6. The van der Waals surface area contributed by atoms with E-state index in [0.29, 0.717) is 13.1 Å². The van der Waals surface area contributed by atoms with Gasteiger partial charge in [-0.15, -0.1) is 0 Å². The number of β-amino-alcohol motifs (C(OH)–C–C–N with tert-alkyl or cyclic N) is 1. The number of nitrogens with zero attached hydrogens (tertiary/aromatic N) is 4. The van der Waals surface area contributed by atoms with Gasteiger partial charge in [-0.2, -0.15) is 10.2 Å². The molecular weight excluding hydrogens is 333 g/mol. The first-order valence-corrected chi connectivity index (χ1v) is 8.78. The summed E-state index contributed by atoms with van der Waals surface area (Å²) in [7, 11) is 0. The number of aromatic nitrogens is 4. The second-order valence-corrected chi connectivity index (χ2v) is 6.99. The lowest BCUT2D eigenvalue weighted by atomic mass is 10.0. The number of benzene rings is 1. The molecule has 1 aromatic carbocycles. The Labute approximate surface area is 151 Å². The van der Waals surface area contributed by atoms with Crippen LogP contribution in [0.15, 0.2) is 42.7 Å². The van der Waals surface area contributed by atoms with E-state index >= 15 is 0 Å². The van der Waals surface area contributed by atoms with Crippen molar-refractivity contribution in [3.8, 4) is 5.69 Å². The molecule has 1 fully saturated rings. The molecule has 2 atom stereocenters. The zero-order chi connectivity index (χ0) is 18.1. The van der Waals surface area contributed by atoms with Crippen molar-refractivity contribution >= 4 is 0 Å². The van der Waals surface area contributed by atoms with Gasteiger partial charge in [-0.1, -0.05) is 0 Å². The van der Waals surface area contributed by atoms with E-state index in [2.05, 4.69) is 20.2 Å². The molecule has 0 spiro atoms. The quantitative estimate of drug-likeness (QED) is 0.735. The Morgan fingerprint density at radius 2 is 2.19 bits per heavy atom. The normalized spacial score (nSPS) is 20.7. The maximum atomic E-state index is 13.8. The summed E-state index contributed by atoms with van der Waals surface area (Å²) in [5.74, 6) is -0.140. The van der Waals surface area contributed by atoms with Crippen LogP contribution in [0.4, 0.5) is 4.39 Å². The van der Waals surface area contributed by atoms with E-state index in [4.69, 9.17) is 0 Å². The number of aliphatic hydroxyl groups excluding tert-OH is 1. The first-order chi connectivity index (χ1) is 12.6. The molecular formula is C19H22FN5O. The monoisotopic (exact) mass is 355 g/mol. The molecule has 0 saturated carbocycles. The number of hydrogen-bond donors (Lipinski definition) is 2. The van der Waals surface area contributed by atoms with Crippen LogP contribution in [0, 0.1) is 18.7 Å². The number of aliphatic hydroxyl groups is 1. The smallest absolute Gasteiger partial charge is 0.123 e. The van der Waals surface area contributed by atoms with Gasteiger partial charge in [0, 0.05) is 43.6 Å². The predicted molar refractivity (Wildman–Crippen MR) is 95.3 cm³/mol. The summed E-state index contributed by atoms with van der Waals surface area (Å²) in [6, 6.07) is 8.59. The van der Waals surface area contributed by atoms with Gasteiger partial charge in [0.05, 0.1) is 17.5 Å². The van der Waals surface area contributed by atoms with Crippen LogP contribution in [0.1, 0.15) is 17.0 Å². The fourth-order valence-corrected chi connectivity index (χ4v) is 3.68. The van der Waals surface area contributed by atoms with Gasteiger partial charge >= 0.3 is 0 Å².